The number of carboxylic acids is 1. The van der Waals surface area contributed by atoms with Gasteiger partial charge >= 0.3 is 12.3 Å². The molecule has 0 aliphatic carbocycles. The quantitative estimate of drug-likeness (QED) is 0.176. The summed E-state index contributed by atoms with van der Waals surface area (Å²) in [6.45, 7) is -0.0374. The number of carbonyl (C=O) groups excluding carboxylic acids is 1. The molecule has 0 spiro atoms. The smallest absolute Gasteiger partial charge is 0.481 e. The molecule has 2 aromatic heterocycles. The van der Waals surface area contributed by atoms with Crippen LogP contribution in [0.15, 0.2) is 84.0 Å². The van der Waals surface area contributed by atoms with E-state index in [-0.39, 0.29) is 18.5 Å². The summed E-state index contributed by atoms with van der Waals surface area (Å²) in [5.41, 5.74) is 3.43. The average molecular weight is 567 g/mol. The Kier molecular flexibility index (Phi) is 7.60. The normalized spacial score (nSPS) is 11.6. The maximum absolute atomic E-state index is 12.8. The molecule has 0 aliphatic rings. The van der Waals surface area contributed by atoms with E-state index < -0.39 is 24.0 Å². The van der Waals surface area contributed by atoms with E-state index in [0.717, 1.165) is 28.0 Å². The van der Waals surface area contributed by atoms with Crippen LogP contribution in [-0.4, -0.2) is 37.9 Å². The standard InChI is InChI=1S/C28H21F3N4O4S/c29-28(30,31)39-24-8-4-2-6-21(24)26(38)32-15-19-14-23-20-5-1-3-7-22(20)33-27(35(23)34-19)40-16-18-11-9-17(10-12-18)13-25(36)37/h1-12,14H,13,15-16H2,(H,32,38)(H,36,37). The number of nitrogens with zero attached hydrogens (tertiary/aromatic N) is 3. The minimum absolute atomic E-state index is 0.0374. The van der Waals surface area contributed by atoms with Crippen molar-refractivity contribution < 1.29 is 32.6 Å². The zero-order valence-corrected chi connectivity index (χ0v) is 21.5. The molecule has 0 bridgehead atoms. The number of alkyl halides is 3. The molecule has 12 heteroatoms. The van der Waals surface area contributed by atoms with Crippen LogP contribution < -0.4 is 10.1 Å². The average Bonchev–Trinajstić information content (AvgIpc) is 3.35. The lowest BCUT2D eigenvalue weighted by Crippen LogP contribution is -2.25. The SMILES string of the molecule is O=C(O)Cc1ccc(CSc2nc3ccccc3c3cc(CNC(=O)c4ccccc4OC(F)(F)F)nn23)cc1. The third-order valence-electron chi connectivity index (χ3n) is 5.87. The highest BCUT2D eigenvalue weighted by Gasteiger charge is 2.32. The molecule has 0 fully saturated rings. The van der Waals surface area contributed by atoms with Crippen molar-refractivity contribution in [1.29, 1.82) is 0 Å². The van der Waals surface area contributed by atoms with Crippen molar-refractivity contribution in [3.63, 3.8) is 0 Å². The highest BCUT2D eigenvalue weighted by Crippen LogP contribution is 2.29. The van der Waals surface area contributed by atoms with Crippen molar-refractivity contribution in [1.82, 2.24) is 19.9 Å². The first-order chi connectivity index (χ1) is 19.2. The van der Waals surface area contributed by atoms with Gasteiger partial charge < -0.3 is 15.2 Å². The lowest BCUT2D eigenvalue weighted by atomic mass is 10.1. The molecule has 0 saturated carbocycles. The molecule has 3 aromatic carbocycles. The van der Waals surface area contributed by atoms with E-state index >= 15 is 0 Å². The predicted octanol–water partition coefficient (Wildman–Crippen LogP) is 5.63. The topological polar surface area (TPSA) is 106 Å². The summed E-state index contributed by atoms with van der Waals surface area (Å²) in [7, 11) is 0. The van der Waals surface area contributed by atoms with Gasteiger partial charge in [-0.25, -0.2) is 9.50 Å². The fourth-order valence-electron chi connectivity index (χ4n) is 4.10. The summed E-state index contributed by atoms with van der Waals surface area (Å²) < 4.78 is 43.9. The van der Waals surface area contributed by atoms with Gasteiger partial charge in [0.2, 0.25) is 0 Å². The summed E-state index contributed by atoms with van der Waals surface area (Å²) >= 11 is 1.44. The molecule has 2 heterocycles. The molecule has 204 valence electrons. The zero-order chi connectivity index (χ0) is 28.3. The first-order valence-corrected chi connectivity index (χ1v) is 13.0. The third-order valence-corrected chi connectivity index (χ3v) is 6.87. The van der Waals surface area contributed by atoms with Crippen molar-refractivity contribution in [3.05, 3.63) is 101 Å². The number of halogens is 3. The second kappa shape index (κ2) is 11.3. The number of hydrogen-bond acceptors (Lipinski definition) is 6. The van der Waals surface area contributed by atoms with Crippen LogP contribution in [0, 0.1) is 0 Å². The maximum Gasteiger partial charge on any atom is 0.573 e. The van der Waals surface area contributed by atoms with Gasteiger partial charge in [-0.05, 0) is 35.4 Å². The number of amides is 1. The lowest BCUT2D eigenvalue weighted by molar-refractivity contribution is -0.274. The van der Waals surface area contributed by atoms with Gasteiger partial charge in [0, 0.05) is 11.1 Å². The molecule has 5 aromatic rings. The largest absolute Gasteiger partial charge is 0.573 e. The van der Waals surface area contributed by atoms with E-state index in [1.54, 1.807) is 22.7 Å². The van der Waals surface area contributed by atoms with Crippen LogP contribution in [-0.2, 0) is 23.5 Å². The molecule has 0 atom stereocenters. The molecular formula is C28H21F3N4O4S. The van der Waals surface area contributed by atoms with E-state index in [2.05, 4.69) is 15.2 Å². The Hall–Kier alpha value is -4.58. The van der Waals surface area contributed by atoms with Gasteiger partial charge in [-0.1, -0.05) is 66.4 Å². The van der Waals surface area contributed by atoms with E-state index in [4.69, 9.17) is 10.1 Å². The van der Waals surface area contributed by atoms with Gasteiger partial charge in [-0.2, -0.15) is 5.10 Å². The van der Waals surface area contributed by atoms with Crippen LogP contribution in [0.1, 0.15) is 27.2 Å². The Morgan fingerprint density at radius 1 is 0.975 bits per heavy atom. The molecule has 8 nitrogen and oxygen atoms in total. The molecule has 0 saturated heterocycles. The van der Waals surface area contributed by atoms with Crippen LogP contribution in [0.4, 0.5) is 13.2 Å². The van der Waals surface area contributed by atoms with Crippen molar-refractivity contribution >= 4 is 40.1 Å². The second-order valence-corrected chi connectivity index (χ2v) is 9.69. The van der Waals surface area contributed by atoms with Crippen molar-refractivity contribution in [2.75, 3.05) is 0 Å². The van der Waals surface area contributed by atoms with Gasteiger partial charge in [0.25, 0.3) is 5.91 Å². The van der Waals surface area contributed by atoms with Gasteiger partial charge in [0.1, 0.15) is 5.75 Å². The molecule has 2 N–H and O–H groups in total. The van der Waals surface area contributed by atoms with Gasteiger partial charge in [-0.3, -0.25) is 9.59 Å². The van der Waals surface area contributed by atoms with E-state index in [9.17, 15) is 22.8 Å². The Morgan fingerprint density at radius 3 is 2.42 bits per heavy atom. The summed E-state index contributed by atoms with van der Waals surface area (Å²) in [6, 6.07) is 21.8. The number of rotatable bonds is 9. The Bertz CT molecular complexity index is 1700. The highest BCUT2D eigenvalue weighted by molar-refractivity contribution is 7.98. The van der Waals surface area contributed by atoms with Gasteiger partial charge in [-0.15, -0.1) is 13.2 Å². The Labute approximate surface area is 229 Å². The minimum Gasteiger partial charge on any atom is -0.481 e. The van der Waals surface area contributed by atoms with Crippen LogP contribution in [0.25, 0.3) is 16.4 Å². The summed E-state index contributed by atoms with van der Waals surface area (Å²) in [6.07, 6.45) is -4.98. The van der Waals surface area contributed by atoms with Gasteiger partial charge in [0.05, 0.1) is 35.3 Å². The van der Waals surface area contributed by atoms with E-state index in [1.807, 2.05) is 36.4 Å². The highest BCUT2D eigenvalue weighted by atomic mass is 32.2. The summed E-state index contributed by atoms with van der Waals surface area (Å²) in [5, 5.41) is 17.6. The number of aliphatic carboxylic acids is 1. The van der Waals surface area contributed by atoms with Crippen LogP contribution in [0.3, 0.4) is 0 Å². The number of thioether (sulfide) groups is 1. The number of benzene rings is 3. The molecule has 40 heavy (non-hydrogen) atoms. The zero-order valence-electron chi connectivity index (χ0n) is 20.7. The molecule has 0 aliphatic heterocycles. The molecule has 5 rings (SSSR count). The number of fused-ring (bicyclic) bond motifs is 3. The minimum atomic E-state index is -4.93. The van der Waals surface area contributed by atoms with Crippen molar-refractivity contribution in [3.8, 4) is 5.75 Å². The third kappa shape index (κ3) is 6.34. The second-order valence-electron chi connectivity index (χ2n) is 8.75. The molecular weight excluding hydrogens is 545 g/mol. The first-order valence-electron chi connectivity index (χ1n) is 12.0. The predicted molar refractivity (Wildman–Crippen MR) is 142 cm³/mol. The fraction of sp³-hybridized carbons (Fsp3) is 0.143. The monoisotopic (exact) mass is 566 g/mol. The van der Waals surface area contributed by atoms with Crippen LogP contribution in [0.2, 0.25) is 0 Å². The first kappa shape index (κ1) is 27.0. The number of nitrogens with one attached hydrogen (secondary N) is 1. The molecule has 0 radical (unpaired) electrons. The number of carbonyl (C=O) groups is 2. The maximum atomic E-state index is 12.8. The number of ether oxygens (including phenoxy) is 1. The Balaban J connectivity index is 1.37. The van der Waals surface area contributed by atoms with Crippen LogP contribution >= 0.6 is 11.8 Å². The van der Waals surface area contributed by atoms with Gasteiger partial charge in [0.15, 0.2) is 5.16 Å². The lowest BCUT2D eigenvalue weighted by Gasteiger charge is -2.12. The van der Waals surface area contributed by atoms with E-state index in [1.165, 1.54) is 30.0 Å². The number of para-hydroxylation sites is 2. The van der Waals surface area contributed by atoms with Crippen molar-refractivity contribution in [2.45, 2.75) is 30.2 Å². The fourth-order valence-corrected chi connectivity index (χ4v) is 5.01. The summed E-state index contributed by atoms with van der Waals surface area (Å²) in [5.74, 6) is -1.67. The van der Waals surface area contributed by atoms with Crippen molar-refractivity contribution in [2.24, 2.45) is 0 Å². The molecule has 1 amide bonds. The van der Waals surface area contributed by atoms with E-state index in [0.29, 0.717) is 22.2 Å². The summed E-state index contributed by atoms with van der Waals surface area (Å²) in [4.78, 5) is 28.4. The van der Waals surface area contributed by atoms with Crippen LogP contribution in [0.5, 0.6) is 5.75 Å². The molecule has 0 unspecified atom stereocenters. The number of aromatic nitrogens is 3. The Morgan fingerprint density at radius 2 is 1.68 bits per heavy atom. The number of hydrogen-bond donors (Lipinski definition) is 2. The number of carboxylic acid groups (broad SMARTS) is 1.